The van der Waals surface area contributed by atoms with Crippen LogP contribution in [0.2, 0.25) is 0 Å². The molecule has 8 heteroatoms. The third-order valence-corrected chi connectivity index (χ3v) is 7.65. The second kappa shape index (κ2) is 12.7. The van der Waals surface area contributed by atoms with Gasteiger partial charge in [-0.1, -0.05) is 50.2 Å². The van der Waals surface area contributed by atoms with Gasteiger partial charge in [0.25, 0.3) is 0 Å². The minimum absolute atomic E-state index is 0.0501. The van der Waals surface area contributed by atoms with E-state index in [-0.39, 0.29) is 54.8 Å². The summed E-state index contributed by atoms with van der Waals surface area (Å²) in [4.78, 5) is 30.2. The van der Waals surface area contributed by atoms with Gasteiger partial charge in [0.1, 0.15) is 17.3 Å². The number of rotatable bonds is 10. The van der Waals surface area contributed by atoms with Gasteiger partial charge in [0, 0.05) is 60.6 Å². The van der Waals surface area contributed by atoms with Crippen molar-refractivity contribution in [3.8, 4) is 11.5 Å². The predicted octanol–water partition coefficient (Wildman–Crippen LogP) is 4.30. The normalized spacial score (nSPS) is 20.4. The number of nitrogens with one attached hydrogen (secondary N) is 1. The number of halogens is 1. The van der Waals surface area contributed by atoms with Crippen molar-refractivity contribution >= 4 is 11.6 Å². The number of piperidine rings is 1. The topological polar surface area (TPSA) is 110 Å². The zero-order valence-corrected chi connectivity index (χ0v) is 23.0. The summed E-state index contributed by atoms with van der Waals surface area (Å²) in [6.45, 7) is 6.41. The summed E-state index contributed by atoms with van der Waals surface area (Å²) in [6, 6.07) is 16.7. The number of aromatic hydroxyl groups is 2. The van der Waals surface area contributed by atoms with Crippen LogP contribution in [0, 0.1) is 24.6 Å². The van der Waals surface area contributed by atoms with Gasteiger partial charge in [-0.15, -0.1) is 0 Å². The zero-order chi connectivity index (χ0) is 29.0. The number of phenolic OH excluding ortho intramolecular Hbond substituents is 2. The largest absolute Gasteiger partial charge is 0.508 e. The predicted molar refractivity (Wildman–Crippen MR) is 151 cm³/mol. The van der Waals surface area contributed by atoms with E-state index in [9.17, 15) is 29.3 Å². The molecule has 0 radical (unpaired) electrons. The third-order valence-electron chi connectivity index (χ3n) is 7.65. The molecular weight excluding hydrogens is 511 g/mol. The van der Waals surface area contributed by atoms with Crippen molar-refractivity contribution in [3.63, 3.8) is 0 Å². The number of carbonyl (C=O) groups is 2. The molecule has 3 aromatic rings. The first-order valence-electron chi connectivity index (χ1n) is 13.6. The average Bonchev–Trinajstić information content (AvgIpc) is 2.93. The fraction of sp³-hybridized carbons (Fsp3) is 0.375. The molecule has 0 spiro atoms. The Hall–Kier alpha value is -3.59. The van der Waals surface area contributed by atoms with Gasteiger partial charge in [-0.25, -0.2) is 4.39 Å². The first kappa shape index (κ1) is 29.4. The van der Waals surface area contributed by atoms with E-state index in [0.717, 1.165) is 0 Å². The van der Waals surface area contributed by atoms with Crippen LogP contribution >= 0.6 is 0 Å². The summed E-state index contributed by atoms with van der Waals surface area (Å²) in [5.41, 5.74) is 1.55. The van der Waals surface area contributed by atoms with E-state index in [4.69, 9.17) is 0 Å². The molecule has 4 N–H and O–H groups in total. The lowest BCUT2D eigenvalue weighted by molar-refractivity contribution is 0.0522. The Morgan fingerprint density at radius 2 is 1.45 bits per heavy atom. The molecule has 1 aliphatic heterocycles. The van der Waals surface area contributed by atoms with E-state index in [0.29, 0.717) is 28.8 Å². The Morgan fingerprint density at radius 1 is 0.925 bits per heavy atom. The molecule has 0 aliphatic carbocycles. The lowest BCUT2D eigenvalue weighted by Gasteiger charge is -2.44. The molecule has 0 aromatic heterocycles. The fourth-order valence-electron chi connectivity index (χ4n) is 5.89. The SMILES string of the molecule is Cc1c(F)cccc1[C@@H]1[C@@H](C(=O)c2cccc(O)c2)CN(C[C@H](CO)NC(C)C)C[C@H]1C(=O)c1cccc(O)c1. The minimum atomic E-state index is -0.749. The van der Waals surface area contributed by atoms with Gasteiger partial charge in [-0.05, 0) is 48.4 Å². The number of benzene rings is 3. The lowest BCUT2D eigenvalue weighted by atomic mass is 9.67. The van der Waals surface area contributed by atoms with Crippen LogP contribution in [0.15, 0.2) is 66.7 Å². The fourth-order valence-corrected chi connectivity index (χ4v) is 5.89. The summed E-state index contributed by atoms with van der Waals surface area (Å²) in [5.74, 6) is -3.21. The van der Waals surface area contributed by atoms with Crippen LogP contribution in [0.5, 0.6) is 11.5 Å². The first-order chi connectivity index (χ1) is 19.1. The van der Waals surface area contributed by atoms with E-state index in [1.807, 2.05) is 18.7 Å². The number of hydrogen-bond donors (Lipinski definition) is 4. The van der Waals surface area contributed by atoms with Gasteiger partial charge < -0.3 is 25.5 Å². The monoisotopic (exact) mass is 548 g/mol. The maximum absolute atomic E-state index is 14.9. The van der Waals surface area contributed by atoms with Gasteiger partial charge in [-0.3, -0.25) is 9.59 Å². The molecule has 40 heavy (non-hydrogen) atoms. The Balaban J connectivity index is 1.85. The molecule has 4 rings (SSSR count). The van der Waals surface area contributed by atoms with Crippen molar-refractivity contribution in [1.82, 2.24) is 10.2 Å². The molecule has 0 saturated carbocycles. The third kappa shape index (κ3) is 6.58. The van der Waals surface area contributed by atoms with E-state index >= 15 is 0 Å². The Bertz CT molecular complexity index is 1290. The lowest BCUT2D eigenvalue weighted by Crippen LogP contribution is -2.55. The van der Waals surface area contributed by atoms with Crippen molar-refractivity contribution in [2.75, 3.05) is 26.2 Å². The van der Waals surface area contributed by atoms with Crippen LogP contribution in [-0.4, -0.2) is 70.1 Å². The van der Waals surface area contributed by atoms with Crippen LogP contribution in [0.3, 0.4) is 0 Å². The van der Waals surface area contributed by atoms with Crippen molar-refractivity contribution in [1.29, 1.82) is 0 Å². The summed E-state index contributed by atoms with van der Waals surface area (Å²) in [6.07, 6.45) is 0. The number of Topliss-reactive ketones (excluding diaryl/α,β-unsaturated/α-hetero) is 2. The van der Waals surface area contributed by atoms with Crippen LogP contribution in [0.4, 0.5) is 4.39 Å². The smallest absolute Gasteiger partial charge is 0.167 e. The van der Waals surface area contributed by atoms with Crippen molar-refractivity contribution < 1.29 is 29.3 Å². The van der Waals surface area contributed by atoms with Gasteiger partial charge in [0.2, 0.25) is 0 Å². The first-order valence-corrected chi connectivity index (χ1v) is 13.6. The van der Waals surface area contributed by atoms with Crippen molar-refractivity contribution in [3.05, 3.63) is 94.8 Å². The van der Waals surface area contributed by atoms with Gasteiger partial charge in [-0.2, -0.15) is 0 Å². The van der Waals surface area contributed by atoms with Crippen LogP contribution in [0.25, 0.3) is 0 Å². The van der Waals surface area contributed by atoms with Crippen LogP contribution in [-0.2, 0) is 0 Å². The van der Waals surface area contributed by atoms with E-state index in [2.05, 4.69) is 5.32 Å². The highest BCUT2D eigenvalue weighted by atomic mass is 19.1. The summed E-state index contributed by atoms with van der Waals surface area (Å²) in [7, 11) is 0. The van der Waals surface area contributed by atoms with Gasteiger partial charge >= 0.3 is 0 Å². The number of phenols is 2. The molecule has 1 saturated heterocycles. The molecule has 0 amide bonds. The van der Waals surface area contributed by atoms with Gasteiger partial charge in [0.15, 0.2) is 11.6 Å². The van der Waals surface area contributed by atoms with E-state index in [1.54, 1.807) is 43.3 Å². The molecule has 7 nitrogen and oxygen atoms in total. The zero-order valence-electron chi connectivity index (χ0n) is 23.0. The molecule has 1 fully saturated rings. The van der Waals surface area contributed by atoms with Crippen molar-refractivity contribution in [2.24, 2.45) is 11.8 Å². The highest BCUT2D eigenvalue weighted by Crippen LogP contribution is 2.42. The second-order valence-electron chi connectivity index (χ2n) is 10.9. The molecule has 1 aliphatic rings. The van der Waals surface area contributed by atoms with Gasteiger partial charge in [0.05, 0.1) is 6.61 Å². The highest BCUT2D eigenvalue weighted by molar-refractivity contribution is 6.02. The highest BCUT2D eigenvalue weighted by Gasteiger charge is 2.46. The number of ketones is 2. The molecule has 3 aromatic carbocycles. The van der Waals surface area contributed by atoms with Crippen LogP contribution < -0.4 is 5.32 Å². The molecule has 0 unspecified atom stereocenters. The number of hydrogen-bond acceptors (Lipinski definition) is 7. The quantitative estimate of drug-likeness (QED) is 0.280. The Labute approximate surface area is 234 Å². The average molecular weight is 549 g/mol. The van der Waals surface area contributed by atoms with E-state index in [1.165, 1.54) is 30.3 Å². The maximum atomic E-state index is 14.9. The molecule has 4 atom stereocenters. The summed E-state index contributed by atoms with van der Waals surface area (Å²) in [5, 5.41) is 33.6. The number of aliphatic hydroxyl groups excluding tert-OH is 1. The Kier molecular flexibility index (Phi) is 9.35. The van der Waals surface area contributed by atoms with Crippen LogP contribution in [0.1, 0.15) is 51.6 Å². The molecular formula is C32H37FN2O5. The standard InChI is InChI=1S/C32H37FN2O5/c1-19(2)34-23(18-36)15-35-16-27(31(39)21-7-4-9-24(37)13-21)30(26-11-6-12-29(33)20(26)3)28(17-35)32(40)22-8-5-10-25(38)14-22/h4-14,19,23,27-28,30,34,36-38H,15-18H2,1-3H3/t23-,27-,28+,30+/m1/s1. The maximum Gasteiger partial charge on any atom is 0.167 e. The minimum Gasteiger partial charge on any atom is -0.508 e. The Morgan fingerprint density at radius 3 is 1.93 bits per heavy atom. The molecule has 1 heterocycles. The number of nitrogens with zero attached hydrogens (tertiary/aromatic N) is 1. The second-order valence-corrected chi connectivity index (χ2v) is 10.9. The summed E-state index contributed by atoms with van der Waals surface area (Å²) >= 11 is 0. The summed E-state index contributed by atoms with van der Waals surface area (Å²) < 4.78 is 14.9. The molecule has 212 valence electrons. The van der Waals surface area contributed by atoms with Crippen molar-refractivity contribution in [2.45, 2.75) is 38.8 Å². The van der Waals surface area contributed by atoms with E-state index < -0.39 is 23.6 Å². The number of carbonyl (C=O) groups excluding carboxylic acids is 2. The number of aliphatic hydroxyl groups is 1. The molecule has 0 bridgehead atoms. The number of likely N-dealkylation sites (tertiary alicyclic amines) is 1.